The molecule has 0 heterocycles. The summed E-state index contributed by atoms with van der Waals surface area (Å²) in [5.41, 5.74) is 0. The van der Waals surface area contributed by atoms with Crippen molar-refractivity contribution in [3.8, 4) is 0 Å². The summed E-state index contributed by atoms with van der Waals surface area (Å²) in [6.07, 6.45) is 0. The van der Waals surface area contributed by atoms with Crippen LogP contribution in [0.2, 0.25) is 0 Å². The van der Waals surface area contributed by atoms with Gasteiger partial charge in [0.05, 0.1) is 5.92 Å². The third-order valence-electron chi connectivity index (χ3n) is 2.80. The Kier molecular flexibility index (Phi) is 6.89. The van der Waals surface area contributed by atoms with E-state index >= 15 is 0 Å². The van der Waals surface area contributed by atoms with E-state index in [9.17, 15) is 14.4 Å². The standard InChI is InChI=1S/C12H23N3O4/c1-7(2)9(11(17)18)14-12(19)15(5)6-8(3)10(16)13-4/h7-9H,6H2,1-5H3,(H,13,16)(H,14,19)(H,17,18). The molecule has 0 radical (unpaired) electrons. The van der Waals surface area contributed by atoms with Gasteiger partial charge in [0.15, 0.2) is 0 Å². The molecule has 0 bridgehead atoms. The molecular formula is C12H23N3O4. The number of carboxylic acid groups (broad SMARTS) is 1. The van der Waals surface area contributed by atoms with E-state index in [0.717, 1.165) is 0 Å². The molecule has 0 aliphatic rings. The maximum Gasteiger partial charge on any atom is 0.326 e. The van der Waals surface area contributed by atoms with Crippen molar-refractivity contribution in [2.24, 2.45) is 11.8 Å². The van der Waals surface area contributed by atoms with Crippen molar-refractivity contribution < 1.29 is 19.5 Å². The number of nitrogens with zero attached hydrogens (tertiary/aromatic N) is 1. The Balaban J connectivity index is 4.49. The molecule has 0 saturated heterocycles. The molecule has 0 aromatic carbocycles. The van der Waals surface area contributed by atoms with E-state index in [1.807, 2.05) is 0 Å². The number of urea groups is 1. The van der Waals surface area contributed by atoms with Crippen molar-refractivity contribution in [3.63, 3.8) is 0 Å². The number of amides is 3. The minimum atomic E-state index is -1.07. The van der Waals surface area contributed by atoms with Gasteiger partial charge in [-0.2, -0.15) is 0 Å². The predicted molar refractivity (Wildman–Crippen MR) is 70.7 cm³/mol. The molecule has 0 fully saturated rings. The minimum absolute atomic E-state index is 0.168. The van der Waals surface area contributed by atoms with E-state index in [1.165, 1.54) is 19.0 Å². The average Bonchev–Trinajstić information content (AvgIpc) is 2.33. The number of nitrogens with one attached hydrogen (secondary N) is 2. The van der Waals surface area contributed by atoms with Crippen LogP contribution in [0.5, 0.6) is 0 Å². The summed E-state index contributed by atoms with van der Waals surface area (Å²) < 4.78 is 0. The van der Waals surface area contributed by atoms with Crippen molar-refractivity contribution >= 4 is 17.9 Å². The highest BCUT2D eigenvalue weighted by Gasteiger charge is 2.25. The van der Waals surface area contributed by atoms with Crippen LogP contribution in [0.15, 0.2) is 0 Å². The van der Waals surface area contributed by atoms with E-state index in [2.05, 4.69) is 10.6 Å². The summed E-state index contributed by atoms with van der Waals surface area (Å²) in [6, 6.07) is -1.44. The van der Waals surface area contributed by atoms with Crippen molar-refractivity contribution in [3.05, 3.63) is 0 Å². The molecule has 3 amide bonds. The number of rotatable bonds is 6. The lowest BCUT2D eigenvalue weighted by atomic mass is 10.1. The maximum atomic E-state index is 11.8. The maximum absolute atomic E-state index is 11.8. The molecule has 7 nitrogen and oxygen atoms in total. The second-order valence-electron chi connectivity index (χ2n) is 4.91. The van der Waals surface area contributed by atoms with Gasteiger partial charge >= 0.3 is 12.0 Å². The van der Waals surface area contributed by atoms with Gasteiger partial charge in [-0.25, -0.2) is 9.59 Å². The van der Waals surface area contributed by atoms with Crippen LogP contribution in [-0.4, -0.2) is 54.6 Å². The van der Waals surface area contributed by atoms with Crippen LogP contribution in [0.1, 0.15) is 20.8 Å². The molecule has 7 heteroatoms. The van der Waals surface area contributed by atoms with E-state index in [1.54, 1.807) is 20.8 Å². The Labute approximate surface area is 113 Å². The van der Waals surface area contributed by atoms with Crippen LogP contribution >= 0.6 is 0 Å². The van der Waals surface area contributed by atoms with Gasteiger partial charge in [0, 0.05) is 20.6 Å². The van der Waals surface area contributed by atoms with E-state index in [4.69, 9.17) is 5.11 Å². The van der Waals surface area contributed by atoms with Crippen LogP contribution in [0.25, 0.3) is 0 Å². The van der Waals surface area contributed by atoms with Crippen LogP contribution in [-0.2, 0) is 9.59 Å². The summed E-state index contributed by atoms with van der Waals surface area (Å²) in [7, 11) is 3.05. The number of carbonyl (C=O) groups excluding carboxylic acids is 2. The third-order valence-corrected chi connectivity index (χ3v) is 2.80. The fraction of sp³-hybridized carbons (Fsp3) is 0.750. The first-order valence-electron chi connectivity index (χ1n) is 6.16. The first-order chi connectivity index (χ1) is 8.70. The average molecular weight is 273 g/mol. The molecule has 2 atom stereocenters. The zero-order valence-corrected chi connectivity index (χ0v) is 12.1. The van der Waals surface area contributed by atoms with Gasteiger partial charge in [0.1, 0.15) is 6.04 Å². The van der Waals surface area contributed by atoms with Gasteiger partial charge in [-0.05, 0) is 5.92 Å². The molecule has 19 heavy (non-hydrogen) atoms. The fourth-order valence-corrected chi connectivity index (χ4v) is 1.58. The second-order valence-corrected chi connectivity index (χ2v) is 4.91. The molecule has 0 aliphatic carbocycles. The first-order valence-corrected chi connectivity index (χ1v) is 6.16. The highest BCUT2D eigenvalue weighted by molar-refractivity contribution is 5.83. The predicted octanol–water partition coefficient (Wildman–Crippen LogP) is 0.119. The van der Waals surface area contributed by atoms with Gasteiger partial charge in [-0.1, -0.05) is 20.8 Å². The van der Waals surface area contributed by atoms with Crippen LogP contribution in [0.4, 0.5) is 4.79 Å². The number of carboxylic acids is 1. The zero-order valence-electron chi connectivity index (χ0n) is 12.1. The first kappa shape index (κ1) is 17.2. The molecule has 0 saturated carbocycles. The van der Waals surface area contributed by atoms with E-state index in [0.29, 0.717) is 0 Å². The monoisotopic (exact) mass is 273 g/mol. The van der Waals surface area contributed by atoms with Gasteiger partial charge in [0.25, 0.3) is 0 Å². The largest absolute Gasteiger partial charge is 0.480 e. The third kappa shape index (κ3) is 5.58. The van der Waals surface area contributed by atoms with Gasteiger partial charge in [-0.3, -0.25) is 4.79 Å². The van der Waals surface area contributed by atoms with E-state index < -0.39 is 18.0 Å². The molecule has 3 N–H and O–H groups in total. The Morgan fingerprint density at radius 3 is 2.11 bits per heavy atom. The number of hydrogen-bond donors (Lipinski definition) is 3. The molecule has 0 aromatic heterocycles. The summed E-state index contributed by atoms with van der Waals surface area (Å²) in [4.78, 5) is 35.5. The Bertz CT molecular complexity index is 344. The number of carbonyl (C=O) groups is 3. The quantitative estimate of drug-likeness (QED) is 0.640. The SMILES string of the molecule is CNC(=O)C(C)CN(C)C(=O)NC(C(=O)O)C(C)C. The lowest BCUT2D eigenvalue weighted by Gasteiger charge is -2.25. The highest BCUT2D eigenvalue weighted by atomic mass is 16.4. The summed E-state index contributed by atoms with van der Waals surface area (Å²) in [6.45, 7) is 5.34. The molecule has 0 spiro atoms. The molecular weight excluding hydrogens is 250 g/mol. The number of hydrogen-bond acceptors (Lipinski definition) is 3. The van der Waals surface area contributed by atoms with Crippen LogP contribution in [0.3, 0.4) is 0 Å². The fourth-order valence-electron chi connectivity index (χ4n) is 1.58. The Morgan fingerprint density at radius 2 is 1.74 bits per heavy atom. The Hall–Kier alpha value is -1.79. The van der Waals surface area contributed by atoms with Crippen molar-refractivity contribution in [2.45, 2.75) is 26.8 Å². The van der Waals surface area contributed by atoms with Gasteiger partial charge in [-0.15, -0.1) is 0 Å². The van der Waals surface area contributed by atoms with Crippen LogP contribution < -0.4 is 10.6 Å². The van der Waals surface area contributed by atoms with E-state index in [-0.39, 0.29) is 24.3 Å². The summed E-state index contributed by atoms with van der Waals surface area (Å²) in [5, 5.41) is 13.9. The van der Waals surface area contributed by atoms with Gasteiger partial charge < -0.3 is 20.6 Å². The normalized spacial score (nSPS) is 13.6. The molecule has 0 aliphatic heterocycles. The molecule has 0 aromatic rings. The topological polar surface area (TPSA) is 98.7 Å². The molecule has 2 unspecified atom stereocenters. The number of aliphatic carboxylic acids is 1. The second kappa shape index (κ2) is 7.60. The Morgan fingerprint density at radius 1 is 1.21 bits per heavy atom. The van der Waals surface area contributed by atoms with Crippen molar-refractivity contribution in [1.82, 2.24) is 15.5 Å². The lowest BCUT2D eigenvalue weighted by Crippen LogP contribution is -2.50. The van der Waals surface area contributed by atoms with Crippen molar-refractivity contribution in [1.29, 1.82) is 0 Å². The van der Waals surface area contributed by atoms with Crippen LogP contribution in [0, 0.1) is 11.8 Å². The zero-order chi connectivity index (χ0) is 15.2. The smallest absolute Gasteiger partial charge is 0.326 e. The molecule has 0 rings (SSSR count). The molecule has 110 valence electrons. The highest BCUT2D eigenvalue weighted by Crippen LogP contribution is 2.04. The summed E-state index contributed by atoms with van der Waals surface area (Å²) >= 11 is 0. The minimum Gasteiger partial charge on any atom is -0.480 e. The summed E-state index contributed by atoms with van der Waals surface area (Å²) in [5.74, 6) is -1.82. The van der Waals surface area contributed by atoms with Crippen molar-refractivity contribution in [2.75, 3.05) is 20.6 Å². The lowest BCUT2D eigenvalue weighted by molar-refractivity contribution is -0.140. The van der Waals surface area contributed by atoms with Gasteiger partial charge in [0.2, 0.25) is 5.91 Å².